The van der Waals surface area contributed by atoms with Gasteiger partial charge in [-0.25, -0.2) is 4.98 Å². The van der Waals surface area contributed by atoms with Crippen molar-refractivity contribution in [1.29, 1.82) is 0 Å². The Kier molecular flexibility index (Phi) is 5.30. The molecule has 2 N–H and O–H groups in total. The van der Waals surface area contributed by atoms with E-state index in [2.05, 4.69) is 4.98 Å². The van der Waals surface area contributed by atoms with Gasteiger partial charge >= 0.3 is 5.97 Å². The van der Waals surface area contributed by atoms with Crippen molar-refractivity contribution in [3.05, 3.63) is 30.6 Å². The van der Waals surface area contributed by atoms with Gasteiger partial charge in [0.2, 0.25) is 5.91 Å². The molecular weight excluding hydrogens is 324 g/mol. The third-order valence-electron chi connectivity index (χ3n) is 4.39. The predicted molar refractivity (Wildman–Crippen MR) is 91.0 cm³/mol. The van der Waals surface area contributed by atoms with Crippen molar-refractivity contribution < 1.29 is 19.8 Å². The molecule has 0 radical (unpaired) electrons. The number of carboxylic acids is 1. The molecule has 0 unspecified atom stereocenters. The Morgan fingerprint density at radius 1 is 1.20 bits per heavy atom. The molecule has 134 valence electrons. The maximum Gasteiger partial charge on any atom is 0.317 e. The second-order valence-corrected chi connectivity index (χ2v) is 6.30. The topological polar surface area (TPSA) is 98.9 Å². The Morgan fingerprint density at radius 2 is 2.00 bits per heavy atom. The fourth-order valence-electron chi connectivity index (χ4n) is 3.18. The Hall–Kier alpha value is -2.45. The van der Waals surface area contributed by atoms with E-state index in [0.717, 1.165) is 11.0 Å². The summed E-state index contributed by atoms with van der Waals surface area (Å²) in [6.45, 7) is 1.77. The van der Waals surface area contributed by atoms with Crippen LogP contribution in [0.15, 0.2) is 30.6 Å². The lowest BCUT2D eigenvalue weighted by Gasteiger charge is -2.22. The van der Waals surface area contributed by atoms with Crippen molar-refractivity contribution in [1.82, 2.24) is 19.4 Å². The molecule has 1 aliphatic rings. The van der Waals surface area contributed by atoms with Crippen molar-refractivity contribution in [2.75, 3.05) is 32.7 Å². The molecule has 1 aliphatic heterocycles. The standard InChI is InChI=1S/C17H22N4O4/c22-13-9-19(11-17(24)25)7-8-20(10-13)16(23)5-6-21-12-18-14-3-1-2-4-15(14)21/h1-4,12-13,22H,5-11H2,(H,24,25)/t13-/m1/s1. The summed E-state index contributed by atoms with van der Waals surface area (Å²) in [5.41, 5.74) is 1.88. The minimum absolute atomic E-state index is 0.0472. The fourth-order valence-corrected chi connectivity index (χ4v) is 3.18. The normalized spacial score (nSPS) is 19.1. The molecule has 1 aromatic heterocycles. The molecule has 2 heterocycles. The van der Waals surface area contributed by atoms with Crippen LogP contribution in [0.25, 0.3) is 11.0 Å². The van der Waals surface area contributed by atoms with Gasteiger partial charge in [0.25, 0.3) is 0 Å². The van der Waals surface area contributed by atoms with E-state index in [9.17, 15) is 14.7 Å². The first-order valence-corrected chi connectivity index (χ1v) is 8.33. The van der Waals surface area contributed by atoms with Crippen molar-refractivity contribution in [3.8, 4) is 0 Å². The fraction of sp³-hybridized carbons (Fsp3) is 0.471. The number of carbonyl (C=O) groups is 2. The van der Waals surface area contributed by atoms with Gasteiger partial charge in [0.15, 0.2) is 0 Å². The van der Waals surface area contributed by atoms with E-state index in [4.69, 9.17) is 5.11 Å². The second kappa shape index (κ2) is 7.62. The summed E-state index contributed by atoms with van der Waals surface area (Å²) in [6.07, 6.45) is 1.30. The first-order valence-electron chi connectivity index (χ1n) is 8.33. The zero-order valence-corrected chi connectivity index (χ0v) is 13.9. The van der Waals surface area contributed by atoms with Gasteiger partial charge < -0.3 is 19.7 Å². The number of aliphatic carboxylic acids is 1. The Morgan fingerprint density at radius 3 is 2.80 bits per heavy atom. The molecular formula is C17H22N4O4. The van der Waals surface area contributed by atoms with E-state index in [1.807, 2.05) is 28.8 Å². The van der Waals surface area contributed by atoms with Crippen LogP contribution in [0.1, 0.15) is 6.42 Å². The largest absolute Gasteiger partial charge is 0.480 e. The molecule has 1 fully saturated rings. The summed E-state index contributed by atoms with van der Waals surface area (Å²) in [4.78, 5) is 30.9. The van der Waals surface area contributed by atoms with Gasteiger partial charge in [-0.15, -0.1) is 0 Å². The molecule has 8 heteroatoms. The maximum atomic E-state index is 12.5. The number of aryl methyl sites for hydroxylation is 1. The molecule has 25 heavy (non-hydrogen) atoms. The number of hydrogen-bond donors (Lipinski definition) is 2. The molecule has 1 amide bonds. The second-order valence-electron chi connectivity index (χ2n) is 6.30. The predicted octanol–water partition coefficient (Wildman–Crippen LogP) is 0.0161. The number of nitrogens with zero attached hydrogens (tertiary/aromatic N) is 4. The summed E-state index contributed by atoms with van der Waals surface area (Å²) >= 11 is 0. The van der Waals surface area contributed by atoms with E-state index in [1.54, 1.807) is 16.1 Å². The summed E-state index contributed by atoms with van der Waals surface area (Å²) < 4.78 is 1.94. The van der Waals surface area contributed by atoms with E-state index >= 15 is 0 Å². The summed E-state index contributed by atoms with van der Waals surface area (Å²) in [7, 11) is 0. The molecule has 1 aromatic carbocycles. The van der Waals surface area contributed by atoms with Crippen LogP contribution in [0.2, 0.25) is 0 Å². The Labute approximate surface area is 145 Å². The van der Waals surface area contributed by atoms with Crippen molar-refractivity contribution in [2.24, 2.45) is 0 Å². The number of aromatic nitrogens is 2. The number of fused-ring (bicyclic) bond motifs is 1. The quantitative estimate of drug-likeness (QED) is 0.792. The third-order valence-corrected chi connectivity index (χ3v) is 4.39. The number of rotatable bonds is 5. The van der Waals surface area contributed by atoms with Gasteiger partial charge in [0.1, 0.15) is 0 Å². The number of aliphatic hydroxyl groups excluding tert-OH is 1. The molecule has 2 aromatic rings. The zero-order valence-electron chi connectivity index (χ0n) is 13.9. The van der Waals surface area contributed by atoms with Crippen LogP contribution in [0.4, 0.5) is 0 Å². The van der Waals surface area contributed by atoms with E-state index < -0.39 is 12.1 Å². The first-order chi connectivity index (χ1) is 12.0. The number of aliphatic hydroxyl groups is 1. The minimum atomic E-state index is -0.932. The number of imidazole rings is 1. The molecule has 8 nitrogen and oxygen atoms in total. The van der Waals surface area contributed by atoms with Crippen LogP contribution in [0.5, 0.6) is 0 Å². The molecule has 3 rings (SSSR count). The monoisotopic (exact) mass is 346 g/mol. The van der Waals surface area contributed by atoms with Gasteiger partial charge in [0, 0.05) is 39.1 Å². The first kappa shape index (κ1) is 17.4. The number of benzene rings is 1. The summed E-state index contributed by atoms with van der Waals surface area (Å²) in [5, 5.41) is 18.9. The highest BCUT2D eigenvalue weighted by molar-refractivity contribution is 5.77. The SMILES string of the molecule is O=C(O)CN1CCN(C(=O)CCn2cnc3ccccc32)C[C@H](O)C1. The van der Waals surface area contributed by atoms with Crippen LogP contribution < -0.4 is 0 Å². The summed E-state index contributed by atoms with van der Waals surface area (Å²) in [6, 6.07) is 7.75. The molecule has 1 saturated heterocycles. The Balaban J connectivity index is 1.58. The van der Waals surface area contributed by atoms with Crippen LogP contribution in [-0.4, -0.2) is 80.3 Å². The number of para-hydroxylation sites is 2. The highest BCUT2D eigenvalue weighted by Gasteiger charge is 2.25. The lowest BCUT2D eigenvalue weighted by Crippen LogP contribution is -2.38. The molecule has 1 atom stereocenters. The molecule has 0 bridgehead atoms. The van der Waals surface area contributed by atoms with Crippen LogP contribution in [-0.2, 0) is 16.1 Å². The van der Waals surface area contributed by atoms with Crippen molar-refractivity contribution in [2.45, 2.75) is 19.1 Å². The van der Waals surface area contributed by atoms with E-state index in [1.165, 1.54) is 0 Å². The zero-order chi connectivity index (χ0) is 17.8. The highest BCUT2D eigenvalue weighted by Crippen LogP contribution is 2.13. The summed E-state index contributed by atoms with van der Waals surface area (Å²) in [5.74, 6) is -0.979. The van der Waals surface area contributed by atoms with Crippen LogP contribution >= 0.6 is 0 Å². The number of β-amino-alcohol motifs (C(OH)–C–C–N with tert-alkyl or cyclic N) is 1. The number of carbonyl (C=O) groups excluding carboxylic acids is 1. The van der Waals surface area contributed by atoms with E-state index in [0.29, 0.717) is 26.1 Å². The molecule has 0 saturated carbocycles. The van der Waals surface area contributed by atoms with E-state index in [-0.39, 0.29) is 25.5 Å². The lowest BCUT2D eigenvalue weighted by molar-refractivity contribution is -0.138. The number of amides is 1. The van der Waals surface area contributed by atoms with Crippen molar-refractivity contribution >= 4 is 22.9 Å². The van der Waals surface area contributed by atoms with Gasteiger partial charge in [-0.2, -0.15) is 0 Å². The van der Waals surface area contributed by atoms with Gasteiger partial charge in [-0.1, -0.05) is 12.1 Å². The van der Waals surface area contributed by atoms with Gasteiger partial charge in [0.05, 0.1) is 30.0 Å². The lowest BCUT2D eigenvalue weighted by atomic mass is 10.3. The minimum Gasteiger partial charge on any atom is -0.480 e. The van der Waals surface area contributed by atoms with Crippen molar-refractivity contribution in [3.63, 3.8) is 0 Å². The average Bonchev–Trinajstić information content (AvgIpc) is 2.89. The number of carboxylic acid groups (broad SMARTS) is 1. The van der Waals surface area contributed by atoms with Crippen LogP contribution in [0.3, 0.4) is 0 Å². The third kappa shape index (κ3) is 4.34. The van der Waals surface area contributed by atoms with Gasteiger partial charge in [-0.05, 0) is 12.1 Å². The highest BCUT2D eigenvalue weighted by atomic mass is 16.4. The molecule has 0 aliphatic carbocycles. The average molecular weight is 346 g/mol. The smallest absolute Gasteiger partial charge is 0.317 e. The molecule has 0 spiro atoms. The van der Waals surface area contributed by atoms with Crippen LogP contribution in [0, 0.1) is 0 Å². The van der Waals surface area contributed by atoms with Gasteiger partial charge in [-0.3, -0.25) is 14.5 Å². The Bertz CT molecular complexity index is 760. The maximum absolute atomic E-state index is 12.5. The number of hydrogen-bond acceptors (Lipinski definition) is 5.